The zero-order chi connectivity index (χ0) is 12.8. The molecule has 100 valence electrons. The summed E-state index contributed by atoms with van der Waals surface area (Å²) in [5.74, 6) is 2.10. The van der Waals surface area contributed by atoms with Crippen LogP contribution in [0.5, 0.6) is 5.88 Å². The summed E-state index contributed by atoms with van der Waals surface area (Å²) in [6.45, 7) is 5.79. The first-order chi connectivity index (χ1) is 8.78. The van der Waals surface area contributed by atoms with Gasteiger partial charge in [0.1, 0.15) is 0 Å². The minimum absolute atomic E-state index is 0.679. The van der Waals surface area contributed by atoms with E-state index in [0.717, 1.165) is 25.3 Å². The molecule has 0 bridgehead atoms. The highest BCUT2D eigenvalue weighted by atomic mass is 16.5. The average molecular weight is 249 g/mol. The first kappa shape index (κ1) is 13.1. The van der Waals surface area contributed by atoms with Crippen LogP contribution in [0.15, 0.2) is 6.07 Å². The molecule has 1 aliphatic rings. The Labute approximate surface area is 109 Å². The van der Waals surface area contributed by atoms with Gasteiger partial charge in [0.15, 0.2) is 0 Å². The van der Waals surface area contributed by atoms with E-state index >= 15 is 0 Å². The van der Waals surface area contributed by atoms with Crippen LogP contribution in [0.1, 0.15) is 44.7 Å². The maximum absolute atomic E-state index is 5.80. The van der Waals surface area contributed by atoms with Crippen LogP contribution in [0.25, 0.3) is 0 Å². The fourth-order valence-corrected chi connectivity index (χ4v) is 2.31. The van der Waals surface area contributed by atoms with E-state index in [1.807, 2.05) is 13.0 Å². The van der Waals surface area contributed by atoms with Crippen LogP contribution < -0.4 is 10.1 Å². The third-order valence-corrected chi connectivity index (χ3v) is 3.31. The van der Waals surface area contributed by atoms with Gasteiger partial charge in [0.2, 0.25) is 11.8 Å². The molecule has 4 nitrogen and oxygen atoms in total. The van der Waals surface area contributed by atoms with Crippen molar-refractivity contribution < 1.29 is 4.74 Å². The molecule has 1 heterocycles. The minimum atomic E-state index is 0.679. The molecule has 1 saturated carbocycles. The molecule has 18 heavy (non-hydrogen) atoms. The Kier molecular flexibility index (Phi) is 4.79. The van der Waals surface area contributed by atoms with E-state index in [9.17, 15) is 0 Å². The summed E-state index contributed by atoms with van der Waals surface area (Å²) in [6, 6.07) is 1.91. The Hall–Kier alpha value is -1.32. The summed E-state index contributed by atoms with van der Waals surface area (Å²) >= 11 is 0. The molecule has 0 saturated heterocycles. The zero-order valence-corrected chi connectivity index (χ0v) is 11.4. The molecule has 0 aromatic carbocycles. The monoisotopic (exact) mass is 249 g/mol. The van der Waals surface area contributed by atoms with Crippen LogP contribution >= 0.6 is 0 Å². The normalized spacial score (nSPS) is 15.9. The van der Waals surface area contributed by atoms with Crippen molar-refractivity contribution in [2.24, 2.45) is 5.92 Å². The van der Waals surface area contributed by atoms with Crippen LogP contribution in [0.2, 0.25) is 0 Å². The van der Waals surface area contributed by atoms with Gasteiger partial charge in [-0.3, -0.25) is 0 Å². The van der Waals surface area contributed by atoms with Gasteiger partial charge in [0.05, 0.1) is 6.61 Å². The van der Waals surface area contributed by atoms with Crippen molar-refractivity contribution in [1.82, 2.24) is 9.97 Å². The smallest absolute Gasteiger partial charge is 0.226 e. The van der Waals surface area contributed by atoms with E-state index in [-0.39, 0.29) is 0 Å². The highest BCUT2D eigenvalue weighted by Crippen LogP contribution is 2.25. The van der Waals surface area contributed by atoms with Crippen molar-refractivity contribution in [3.05, 3.63) is 11.8 Å². The Morgan fingerprint density at radius 2 is 2.11 bits per heavy atom. The number of hydrogen-bond acceptors (Lipinski definition) is 4. The molecule has 1 aromatic heterocycles. The second kappa shape index (κ2) is 6.57. The Bertz CT molecular complexity index is 375. The van der Waals surface area contributed by atoms with Gasteiger partial charge < -0.3 is 10.1 Å². The lowest BCUT2D eigenvalue weighted by molar-refractivity contribution is 0.243. The van der Waals surface area contributed by atoms with Crippen LogP contribution in [-0.4, -0.2) is 23.1 Å². The molecule has 0 unspecified atom stereocenters. The molecule has 1 N–H and O–H groups in total. The lowest BCUT2D eigenvalue weighted by atomic mass is 10.1. The van der Waals surface area contributed by atoms with Crippen molar-refractivity contribution in [3.63, 3.8) is 0 Å². The Balaban J connectivity index is 1.91. The summed E-state index contributed by atoms with van der Waals surface area (Å²) in [5.41, 5.74) is 0.949. The molecule has 2 rings (SSSR count). The highest BCUT2D eigenvalue weighted by Gasteiger charge is 2.16. The summed E-state index contributed by atoms with van der Waals surface area (Å²) in [5, 5.41) is 3.20. The van der Waals surface area contributed by atoms with E-state index in [4.69, 9.17) is 4.74 Å². The van der Waals surface area contributed by atoms with Gasteiger partial charge in [-0.2, -0.15) is 4.98 Å². The number of anilines is 1. The molecule has 0 atom stereocenters. The molecule has 1 aliphatic carbocycles. The number of rotatable bonds is 6. The van der Waals surface area contributed by atoms with Gasteiger partial charge in [-0.15, -0.1) is 0 Å². The Morgan fingerprint density at radius 3 is 2.83 bits per heavy atom. The van der Waals surface area contributed by atoms with Crippen molar-refractivity contribution in [2.75, 3.05) is 18.5 Å². The fraction of sp³-hybridized carbons (Fsp3) is 0.714. The number of nitrogens with zero attached hydrogens (tertiary/aromatic N) is 2. The number of nitrogens with one attached hydrogen (secondary N) is 1. The molecule has 1 fully saturated rings. The van der Waals surface area contributed by atoms with Gasteiger partial charge in [-0.25, -0.2) is 4.98 Å². The minimum Gasteiger partial charge on any atom is -0.477 e. The first-order valence-corrected chi connectivity index (χ1v) is 7.00. The standard InChI is InChI=1S/C14H23N3O/c1-3-8-15-14-16-11(2)9-13(17-14)18-10-12-6-4-5-7-12/h9,12H,3-8,10H2,1-2H3,(H,15,16,17). The zero-order valence-electron chi connectivity index (χ0n) is 11.4. The van der Waals surface area contributed by atoms with Crippen LogP contribution in [-0.2, 0) is 0 Å². The summed E-state index contributed by atoms with van der Waals surface area (Å²) in [7, 11) is 0. The fourth-order valence-electron chi connectivity index (χ4n) is 2.31. The van der Waals surface area contributed by atoms with Crippen molar-refractivity contribution in [3.8, 4) is 5.88 Å². The van der Waals surface area contributed by atoms with Crippen LogP contribution in [0.3, 0.4) is 0 Å². The maximum Gasteiger partial charge on any atom is 0.226 e. The van der Waals surface area contributed by atoms with Gasteiger partial charge in [-0.1, -0.05) is 19.8 Å². The van der Waals surface area contributed by atoms with Gasteiger partial charge in [0.25, 0.3) is 0 Å². The van der Waals surface area contributed by atoms with E-state index in [1.165, 1.54) is 25.7 Å². The quantitative estimate of drug-likeness (QED) is 0.841. The second-order valence-electron chi connectivity index (χ2n) is 5.06. The number of aryl methyl sites for hydroxylation is 1. The SMILES string of the molecule is CCCNc1nc(C)cc(OCC2CCCC2)n1. The molecule has 1 aromatic rings. The maximum atomic E-state index is 5.80. The number of ether oxygens (including phenoxy) is 1. The number of hydrogen-bond donors (Lipinski definition) is 1. The first-order valence-electron chi connectivity index (χ1n) is 7.00. The third kappa shape index (κ3) is 3.86. The lowest BCUT2D eigenvalue weighted by Gasteiger charge is -2.12. The van der Waals surface area contributed by atoms with Crippen LogP contribution in [0.4, 0.5) is 5.95 Å². The largest absolute Gasteiger partial charge is 0.477 e. The molecule has 0 aliphatic heterocycles. The third-order valence-electron chi connectivity index (χ3n) is 3.31. The van der Waals surface area contributed by atoms with Gasteiger partial charge >= 0.3 is 0 Å². The van der Waals surface area contributed by atoms with Gasteiger partial charge in [-0.05, 0) is 32.1 Å². The molecule has 0 spiro atoms. The van der Waals surface area contributed by atoms with Crippen molar-refractivity contribution in [1.29, 1.82) is 0 Å². The van der Waals surface area contributed by atoms with E-state index in [0.29, 0.717) is 17.7 Å². The summed E-state index contributed by atoms with van der Waals surface area (Å²) in [6.07, 6.45) is 6.35. The molecular weight excluding hydrogens is 226 g/mol. The topological polar surface area (TPSA) is 47.0 Å². The second-order valence-corrected chi connectivity index (χ2v) is 5.06. The number of aromatic nitrogens is 2. The molecule has 0 amide bonds. The summed E-state index contributed by atoms with van der Waals surface area (Å²) < 4.78 is 5.80. The molecule has 0 radical (unpaired) electrons. The predicted octanol–water partition coefficient (Wildman–Crippen LogP) is 3.18. The van der Waals surface area contributed by atoms with E-state index in [1.54, 1.807) is 0 Å². The van der Waals surface area contributed by atoms with E-state index < -0.39 is 0 Å². The van der Waals surface area contributed by atoms with Gasteiger partial charge in [0, 0.05) is 18.3 Å². The molecule has 4 heteroatoms. The van der Waals surface area contributed by atoms with Crippen molar-refractivity contribution in [2.45, 2.75) is 46.0 Å². The van der Waals surface area contributed by atoms with E-state index in [2.05, 4.69) is 22.2 Å². The average Bonchev–Trinajstić information content (AvgIpc) is 2.86. The lowest BCUT2D eigenvalue weighted by Crippen LogP contribution is -2.11. The van der Waals surface area contributed by atoms with Crippen LogP contribution in [0, 0.1) is 12.8 Å². The van der Waals surface area contributed by atoms with Crippen molar-refractivity contribution >= 4 is 5.95 Å². The molecular formula is C14H23N3O. The highest BCUT2D eigenvalue weighted by molar-refractivity contribution is 5.30. The Morgan fingerprint density at radius 1 is 1.33 bits per heavy atom. The summed E-state index contributed by atoms with van der Waals surface area (Å²) in [4.78, 5) is 8.74. The predicted molar refractivity (Wildman–Crippen MR) is 73.0 cm³/mol.